The van der Waals surface area contributed by atoms with Crippen LogP contribution in [-0.4, -0.2) is 10.3 Å². The molecule has 1 unspecified atom stereocenters. The molecule has 0 fully saturated rings. The summed E-state index contributed by atoms with van der Waals surface area (Å²) < 4.78 is 2.25. The van der Waals surface area contributed by atoms with E-state index in [0.717, 1.165) is 18.0 Å². The smallest absolute Gasteiger partial charge is 0.0410 e. The second-order valence-electron chi connectivity index (χ2n) is 5.71. The van der Waals surface area contributed by atoms with Gasteiger partial charge in [-0.1, -0.05) is 11.6 Å². The molecule has 0 aliphatic carbocycles. The van der Waals surface area contributed by atoms with Crippen molar-refractivity contribution in [1.29, 1.82) is 0 Å². The fourth-order valence-corrected chi connectivity index (χ4v) is 4.21. The molecule has 1 atom stereocenters. The molecule has 0 amide bonds. The third-order valence-corrected chi connectivity index (χ3v) is 5.79. The molecule has 2 heterocycles. The number of nitrogens with zero attached hydrogens (tertiary/aromatic N) is 1. The lowest BCUT2D eigenvalue weighted by Crippen LogP contribution is -2.24. The monoisotopic (exact) mass is 320 g/mol. The van der Waals surface area contributed by atoms with E-state index in [2.05, 4.69) is 49.0 Å². The van der Waals surface area contributed by atoms with Crippen LogP contribution in [0.25, 0.3) is 0 Å². The first-order valence-electron chi connectivity index (χ1n) is 7.33. The number of aryl methyl sites for hydroxylation is 1. The van der Waals surface area contributed by atoms with Crippen molar-refractivity contribution in [1.82, 2.24) is 9.88 Å². The van der Waals surface area contributed by atoms with Crippen LogP contribution in [0.3, 0.4) is 0 Å². The fourth-order valence-electron chi connectivity index (χ4n) is 2.92. The molecular weight excluding hydrogens is 300 g/mol. The van der Waals surface area contributed by atoms with Gasteiger partial charge in [0.1, 0.15) is 0 Å². The van der Waals surface area contributed by atoms with Crippen molar-refractivity contribution in [3.8, 4) is 0 Å². The average Bonchev–Trinajstić information content (AvgIpc) is 2.72. The molecule has 2 aromatic rings. The highest BCUT2D eigenvalue weighted by Gasteiger charge is 2.21. The molecule has 0 bridgehead atoms. The van der Waals surface area contributed by atoms with E-state index in [0.29, 0.717) is 6.04 Å². The van der Waals surface area contributed by atoms with E-state index in [4.69, 9.17) is 11.6 Å². The first kappa shape index (κ1) is 15.0. The molecule has 2 nitrogen and oxygen atoms in total. The summed E-state index contributed by atoms with van der Waals surface area (Å²) in [6.07, 6.45) is 1.16. The van der Waals surface area contributed by atoms with Crippen molar-refractivity contribution in [2.75, 3.05) is 5.75 Å². The summed E-state index contributed by atoms with van der Waals surface area (Å²) in [5.41, 5.74) is 5.39. The molecule has 1 aliphatic rings. The van der Waals surface area contributed by atoms with Gasteiger partial charge in [-0.15, -0.1) is 11.8 Å². The largest absolute Gasteiger partial charge is 0.352 e. The third kappa shape index (κ3) is 3.01. The van der Waals surface area contributed by atoms with E-state index in [1.165, 1.54) is 33.2 Å². The maximum atomic E-state index is 6.17. The quantitative estimate of drug-likeness (QED) is 0.888. The molecule has 1 aliphatic heterocycles. The third-order valence-electron chi connectivity index (χ3n) is 4.43. The van der Waals surface area contributed by atoms with Gasteiger partial charge in [-0.3, -0.25) is 0 Å². The number of benzene rings is 1. The van der Waals surface area contributed by atoms with Crippen molar-refractivity contribution < 1.29 is 0 Å². The fraction of sp³-hybridized carbons (Fsp3) is 0.412. The van der Waals surface area contributed by atoms with Gasteiger partial charge < -0.3 is 9.88 Å². The van der Waals surface area contributed by atoms with E-state index in [-0.39, 0.29) is 0 Å². The molecule has 1 N–H and O–H groups in total. The molecule has 1 aromatic heterocycles. The Bertz CT molecular complexity index is 663. The number of halogens is 1. The van der Waals surface area contributed by atoms with Gasteiger partial charge in [0.15, 0.2) is 0 Å². The minimum atomic E-state index is 0.403. The molecule has 0 radical (unpaired) electrons. The lowest BCUT2D eigenvalue weighted by Gasteiger charge is -2.26. The Morgan fingerprint density at radius 1 is 1.33 bits per heavy atom. The van der Waals surface area contributed by atoms with Crippen molar-refractivity contribution in [2.24, 2.45) is 7.05 Å². The summed E-state index contributed by atoms with van der Waals surface area (Å²) in [4.78, 5) is 1.36. The van der Waals surface area contributed by atoms with Gasteiger partial charge in [0.2, 0.25) is 0 Å². The highest BCUT2D eigenvalue weighted by molar-refractivity contribution is 7.99. The Labute approximate surface area is 135 Å². The Kier molecular flexibility index (Phi) is 4.34. The zero-order valence-electron chi connectivity index (χ0n) is 12.7. The van der Waals surface area contributed by atoms with E-state index in [9.17, 15) is 0 Å². The van der Waals surface area contributed by atoms with Crippen molar-refractivity contribution in [2.45, 2.75) is 37.8 Å². The van der Waals surface area contributed by atoms with E-state index < -0.39 is 0 Å². The van der Waals surface area contributed by atoms with Crippen LogP contribution in [0, 0.1) is 13.8 Å². The predicted molar refractivity (Wildman–Crippen MR) is 91.3 cm³/mol. The standard InChI is InChI=1S/C17H21ClN2S/c1-11-8-13(12(2)20(11)3)10-19-16-6-7-21-17-5-4-14(18)9-15(16)17/h4-5,8-9,16,19H,6-7,10H2,1-3H3. The van der Waals surface area contributed by atoms with Gasteiger partial charge in [-0.05, 0) is 61.4 Å². The summed E-state index contributed by atoms with van der Waals surface area (Å²) in [6.45, 7) is 5.25. The second kappa shape index (κ2) is 6.07. The van der Waals surface area contributed by atoms with Gasteiger partial charge in [-0.2, -0.15) is 0 Å². The number of hydrogen-bond donors (Lipinski definition) is 1. The first-order chi connectivity index (χ1) is 10.1. The number of fused-ring (bicyclic) bond motifs is 1. The minimum absolute atomic E-state index is 0.403. The molecular formula is C17H21ClN2S. The number of rotatable bonds is 3. The predicted octanol–water partition coefficient (Wildman–Crippen LogP) is 4.62. The van der Waals surface area contributed by atoms with Gasteiger partial charge in [-0.25, -0.2) is 0 Å². The zero-order valence-corrected chi connectivity index (χ0v) is 14.3. The number of aromatic nitrogens is 1. The van der Waals surface area contributed by atoms with Gasteiger partial charge in [0.05, 0.1) is 0 Å². The molecule has 112 valence electrons. The molecule has 0 spiro atoms. The lowest BCUT2D eigenvalue weighted by molar-refractivity contribution is 0.509. The summed E-state index contributed by atoms with van der Waals surface area (Å²) in [6, 6.07) is 8.93. The van der Waals surface area contributed by atoms with Crippen LogP contribution >= 0.6 is 23.4 Å². The topological polar surface area (TPSA) is 17.0 Å². The second-order valence-corrected chi connectivity index (χ2v) is 7.28. The number of nitrogens with one attached hydrogen (secondary N) is 1. The lowest BCUT2D eigenvalue weighted by atomic mass is 10.0. The van der Waals surface area contributed by atoms with Crippen LogP contribution in [0.15, 0.2) is 29.2 Å². The summed E-state index contributed by atoms with van der Waals surface area (Å²) >= 11 is 8.10. The Morgan fingerprint density at radius 2 is 2.14 bits per heavy atom. The zero-order chi connectivity index (χ0) is 15.0. The molecule has 0 saturated heterocycles. The van der Waals surface area contributed by atoms with Crippen LogP contribution < -0.4 is 5.32 Å². The summed E-state index contributed by atoms with van der Waals surface area (Å²) in [5.74, 6) is 1.17. The van der Waals surface area contributed by atoms with E-state index in [1.807, 2.05) is 17.8 Å². The highest BCUT2D eigenvalue weighted by Crippen LogP contribution is 2.37. The van der Waals surface area contributed by atoms with E-state index >= 15 is 0 Å². The Hall–Kier alpha value is -0.900. The molecule has 21 heavy (non-hydrogen) atoms. The van der Waals surface area contributed by atoms with Crippen LogP contribution in [0.2, 0.25) is 5.02 Å². The highest BCUT2D eigenvalue weighted by atomic mass is 35.5. The maximum Gasteiger partial charge on any atom is 0.0410 e. The Morgan fingerprint density at radius 3 is 2.86 bits per heavy atom. The number of hydrogen-bond acceptors (Lipinski definition) is 2. The van der Waals surface area contributed by atoms with Crippen LogP contribution in [0.5, 0.6) is 0 Å². The summed E-state index contributed by atoms with van der Waals surface area (Å²) in [5, 5.41) is 4.55. The van der Waals surface area contributed by atoms with Crippen molar-refractivity contribution in [3.63, 3.8) is 0 Å². The Balaban J connectivity index is 1.78. The van der Waals surface area contributed by atoms with Crippen molar-refractivity contribution in [3.05, 3.63) is 51.8 Å². The summed E-state index contributed by atoms with van der Waals surface area (Å²) in [7, 11) is 2.13. The first-order valence-corrected chi connectivity index (χ1v) is 8.70. The van der Waals surface area contributed by atoms with E-state index in [1.54, 1.807) is 0 Å². The average molecular weight is 321 g/mol. The SMILES string of the molecule is Cc1cc(CNC2CCSc3ccc(Cl)cc32)c(C)n1C. The van der Waals surface area contributed by atoms with Crippen molar-refractivity contribution >= 4 is 23.4 Å². The minimum Gasteiger partial charge on any atom is -0.352 e. The molecule has 3 rings (SSSR count). The van der Waals surface area contributed by atoms with Gasteiger partial charge >= 0.3 is 0 Å². The van der Waals surface area contributed by atoms with Gasteiger partial charge in [0, 0.05) is 40.9 Å². The maximum absolute atomic E-state index is 6.17. The van der Waals surface area contributed by atoms with Crippen LogP contribution in [0.1, 0.15) is 35.0 Å². The van der Waals surface area contributed by atoms with Crippen LogP contribution in [-0.2, 0) is 13.6 Å². The molecule has 0 saturated carbocycles. The molecule has 4 heteroatoms. The normalized spacial score (nSPS) is 17.8. The molecule has 1 aromatic carbocycles. The van der Waals surface area contributed by atoms with Crippen LogP contribution in [0.4, 0.5) is 0 Å². The van der Waals surface area contributed by atoms with Gasteiger partial charge in [0.25, 0.3) is 0 Å². The number of thioether (sulfide) groups is 1.